The van der Waals surface area contributed by atoms with Crippen molar-refractivity contribution in [2.24, 2.45) is 10.9 Å². The summed E-state index contributed by atoms with van der Waals surface area (Å²) in [7, 11) is 0. The summed E-state index contributed by atoms with van der Waals surface area (Å²) < 4.78 is 0. The number of H-pyrrole nitrogens is 1. The van der Waals surface area contributed by atoms with E-state index in [-0.39, 0.29) is 11.8 Å². The molecule has 1 fully saturated rings. The number of amides is 1. The Morgan fingerprint density at radius 2 is 2.14 bits per heavy atom. The van der Waals surface area contributed by atoms with Gasteiger partial charge >= 0.3 is 0 Å². The molecule has 8 nitrogen and oxygen atoms in total. The Labute approximate surface area is 172 Å². The average Bonchev–Trinajstić information content (AvgIpc) is 3.32. The Morgan fingerprint density at radius 1 is 1.31 bits per heavy atom. The van der Waals surface area contributed by atoms with Crippen LogP contribution in [0.2, 0.25) is 0 Å². The number of aliphatic imine (C=N–C) groups is 1. The third-order valence-corrected chi connectivity index (χ3v) is 5.81. The van der Waals surface area contributed by atoms with Crippen LogP contribution in [0.3, 0.4) is 0 Å². The number of thioether (sulfide) groups is 1. The summed E-state index contributed by atoms with van der Waals surface area (Å²) in [5, 5.41) is 13.2. The molecule has 1 saturated carbocycles. The number of aromatic nitrogens is 2. The predicted molar refractivity (Wildman–Crippen MR) is 114 cm³/mol. The second-order valence-corrected chi connectivity index (χ2v) is 8.34. The number of hydrogen-bond acceptors (Lipinski definition) is 7. The largest absolute Gasteiger partial charge is 0.326 e. The fourth-order valence-corrected chi connectivity index (χ4v) is 4.09. The first-order valence-corrected chi connectivity index (χ1v) is 10.3. The molecule has 5 rings (SSSR count). The Bertz CT molecular complexity index is 1020. The van der Waals surface area contributed by atoms with E-state index in [0.717, 1.165) is 45.8 Å². The van der Waals surface area contributed by atoms with Crippen LogP contribution in [-0.2, 0) is 4.79 Å². The van der Waals surface area contributed by atoms with Crippen LogP contribution in [0.25, 0.3) is 0 Å². The number of nitrogens with zero attached hydrogens (tertiary/aromatic N) is 4. The molecule has 29 heavy (non-hydrogen) atoms. The lowest BCUT2D eigenvalue weighted by molar-refractivity contribution is -0.117. The van der Waals surface area contributed by atoms with E-state index < -0.39 is 0 Å². The molecule has 3 N–H and O–H groups in total. The summed E-state index contributed by atoms with van der Waals surface area (Å²) in [5.74, 6) is 2.04. The zero-order chi connectivity index (χ0) is 19.8. The number of aryl methyl sites for hydroxylation is 1. The summed E-state index contributed by atoms with van der Waals surface area (Å²) in [6, 6.07) is 9.89. The molecular formula is C20H21N7OS+. The van der Waals surface area contributed by atoms with Gasteiger partial charge in [-0.1, -0.05) is 0 Å². The van der Waals surface area contributed by atoms with Gasteiger partial charge in [-0.05, 0) is 60.7 Å². The topological polar surface area (TPSA) is 91.3 Å². The van der Waals surface area contributed by atoms with E-state index in [1.807, 2.05) is 60.9 Å². The van der Waals surface area contributed by atoms with Crippen LogP contribution < -0.4 is 15.6 Å². The Balaban J connectivity index is 1.30. The third kappa shape index (κ3) is 4.06. The lowest BCUT2D eigenvalue weighted by Gasteiger charge is -2.25. The lowest BCUT2D eigenvalue weighted by Crippen LogP contribution is -2.44. The summed E-state index contributed by atoms with van der Waals surface area (Å²) in [6.07, 6.45) is 7.83. The fourth-order valence-electron chi connectivity index (χ4n) is 3.13. The number of hydrogen-bond donors (Lipinski definition) is 3. The number of carbonyl (C=O) groups excluding carboxylic acids is 1. The smallest absolute Gasteiger partial charge is 0.285 e. The van der Waals surface area contributed by atoms with Crippen LogP contribution in [0.5, 0.6) is 0 Å². The number of rotatable bonds is 6. The van der Waals surface area contributed by atoms with E-state index in [1.165, 1.54) is 0 Å². The van der Waals surface area contributed by atoms with Crippen LogP contribution >= 0.6 is 11.8 Å². The highest BCUT2D eigenvalue weighted by molar-refractivity contribution is 8.03. The van der Waals surface area contributed by atoms with Gasteiger partial charge in [0.1, 0.15) is 6.54 Å². The van der Waals surface area contributed by atoms with Crippen molar-refractivity contribution in [2.75, 3.05) is 17.3 Å². The van der Waals surface area contributed by atoms with Crippen LogP contribution in [0.1, 0.15) is 18.5 Å². The van der Waals surface area contributed by atoms with Gasteiger partial charge in [0, 0.05) is 28.3 Å². The maximum absolute atomic E-state index is 11.9. The molecule has 9 heteroatoms. The monoisotopic (exact) mass is 407 g/mol. The number of carbonyl (C=O) groups is 1. The molecule has 0 spiro atoms. The van der Waals surface area contributed by atoms with Crippen molar-refractivity contribution < 1.29 is 4.79 Å². The third-order valence-electron chi connectivity index (χ3n) is 4.79. The van der Waals surface area contributed by atoms with Gasteiger partial charge in [-0.25, -0.2) is 0 Å². The number of nitrogens with one attached hydrogen (secondary N) is 3. The molecule has 1 aromatic carbocycles. The number of hydrazine groups is 1. The molecule has 0 saturated heterocycles. The van der Waals surface area contributed by atoms with Crippen LogP contribution in [-0.4, -0.2) is 33.5 Å². The summed E-state index contributed by atoms with van der Waals surface area (Å²) in [6.45, 7) is 2.60. The standard InChI is InChI=1S/C20H21N7OS/c1-13-10-17(24-23-13)25-26-11-18-21-8-9-27(18)19(12-26)29-16-6-4-15(5-7-16)22-20(28)14-2-3-14/h4-10,12,14H,2-3,11H2,1H3,(H,22,28)(H2,23,24,25)/q+1. The highest BCUT2D eigenvalue weighted by atomic mass is 32.2. The molecule has 0 atom stereocenters. The number of aromatic amines is 1. The maximum Gasteiger partial charge on any atom is 0.285 e. The molecule has 1 amide bonds. The highest BCUT2D eigenvalue weighted by Gasteiger charge is 2.37. The number of fused-ring (bicyclic) bond motifs is 1. The van der Waals surface area contributed by atoms with E-state index >= 15 is 0 Å². The number of benzene rings is 1. The second kappa shape index (κ2) is 7.41. The molecule has 3 aliphatic rings. The quantitative estimate of drug-likeness (QED) is 0.639. The molecular weight excluding hydrogens is 386 g/mol. The van der Waals surface area contributed by atoms with Gasteiger partial charge in [-0.2, -0.15) is 10.1 Å². The minimum Gasteiger partial charge on any atom is -0.326 e. The Morgan fingerprint density at radius 3 is 2.86 bits per heavy atom. The van der Waals surface area contributed by atoms with Crippen molar-refractivity contribution in [3.8, 4) is 0 Å². The van der Waals surface area contributed by atoms with Crippen molar-refractivity contribution in [3.05, 3.63) is 59.7 Å². The molecule has 1 aromatic heterocycles. The van der Waals surface area contributed by atoms with Crippen molar-refractivity contribution in [1.29, 1.82) is 0 Å². The van der Waals surface area contributed by atoms with E-state index in [4.69, 9.17) is 0 Å². The molecule has 2 aromatic rings. The zero-order valence-corrected chi connectivity index (χ0v) is 16.7. The predicted octanol–water partition coefficient (Wildman–Crippen LogP) is 3.32. The zero-order valence-electron chi connectivity index (χ0n) is 15.9. The molecule has 0 bridgehead atoms. The first-order valence-electron chi connectivity index (χ1n) is 9.52. The normalized spacial score (nSPS) is 18.3. The summed E-state index contributed by atoms with van der Waals surface area (Å²) in [5.41, 5.74) is 5.13. The van der Waals surface area contributed by atoms with Gasteiger partial charge in [0.25, 0.3) is 5.84 Å². The first-order chi connectivity index (χ1) is 14.1. The van der Waals surface area contributed by atoms with E-state index in [2.05, 4.69) is 30.8 Å². The van der Waals surface area contributed by atoms with E-state index in [9.17, 15) is 4.79 Å². The van der Waals surface area contributed by atoms with Gasteiger partial charge in [-0.3, -0.25) is 20.3 Å². The Kier molecular flexibility index (Phi) is 4.61. The van der Waals surface area contributed by atoms with Crippen LogP contribution in [0.4, 0.5) is 11.5 Å². The first kappa shape index (κ1) is 18.0. The van der Waals surface area contributed by atoms with Crippen molar-refractivity contribution in [1.82, 2.24) is 20.1 Å². The lowest BCUT2D eigenvalue weighted by atomic mass is 10.3. The fraction of sp³-hybridized carbons (Fsp3) is 0.250. The minimum atomic E-state index is 0.124. The van der Waals surface area contributed by atoms with Gasteiger partial charge in [-0.15, -0.1) is 0 Å². The van der Waals surface area contributed by atoms with Crippen LogP contribution in [0.15, 0.2) is 63.8 Å². The van der Waals surface area contributed by atoms with Gasteiger partial charge in [0.15, 0.2) is 12.0 Å². The SMILES string of the molecule is Cc1cc(NN2C=C(Sc3ccc(NC(=O)C4CC4)cc3)[N+]3C=CN=C3C2)n[nH]1. The van der Waals surface area contributed by atoms with Gasteiger partial charge < -0.3 is 5.32 Å². The van der Waals surface area contributed by atoms with Crippen molar-refractivity contribution >= 4 is 35.0 Å². The number of anilines is 2. The summed E-state index contributed by atoms with van der Waals surface area (Å²) >= 11 is 1.64. The molecule has 147 valence electrons. The molecule has 0 unspecified atom stereocenters. The second-order valence-electron chi connectivity index (χ2n) is 7.25. The molecule has 3 heterocycles. The molecule has 1 aliphatic carbocycles. The summed E-state index contributed by atoms with van der Waals surface area (Å²) in [4.78, 5) is 19.5. The number of amidine groups is 1. The van der Waals surface area contributed by atoms with E-state index in [1.54, 1.807) is 11.8 Å². The van der Waals surface area contributed by atoms with Gasteiger partial charge in [0.2, 0.25) is 10.9 Å². The minimum absolute atomic E-state index is 0.124. The Hall–Kier alpha value is -3.04. The van der Waals surface area contributed by atoms with Crippen molar-refractivity contribution in [3.63, 3.8) is 0 Å². The highest BCUT2D eigenvalue weighted by Crippen LogP contribution is 2.34. The van der Waals surface area contributed by atoms with Crippen LogP contribution in [0, 0.1) is 12.8 Å². The molecule has 1 radical (unpaired) electrons. The average molecular weight is 408 g/mol. The van der Waals surface area contributed by atoms with E-state index in [0.29, 0.717) is 6.54 Å². The molecule has 2 aliphatic heterocycles. The maximum atomic E-state index is 11.9. The van der Waals surface area contributed by atoms with Gasteiger partial charge in [0.05, 0.1) is 12.4 Å². The van der Waals surface area contributed by atoms with Crippen molar-refractivity contribution in [2.45, 2.75) is 24.7 Å².